The zero-order chi connectivity index (χ0) is 31.0. The monoisotopic (exact) mass is 593 g/mol. The molecule has 1 saturated carbocycles. The van der Waals surface area contributed by atoms with Crippen molar-refractivity contribution in [3.05, 3.63) is 45.2 Å². The van der Waals surface area contributed by atoms with Crippen LogP contribution in [0.2, 0.25) is 0 Å². The van der Waals surface area contributed by atoms with Crippen molar-refractivity contribution < 1.29 is 48.0 Å². The molecule has 6 N–H and O–H groups in total. The zero-order valence-electron chi connectivity index (χ0n) is 23.5. The Labute approximate surface area is 239 Å². The van der Waals surface area contributed by atoms with E-state index in [1.807, 2.05) is 0 Å². The van der Waals surface area contributed by atoms with E-state index in [0.29, 0.717) is 19.4 Å². The van der Waals surface area contributed by atoms with Gasteiger partial charge in [-0.3, -0.25) is 24.2 Å². The summed E-state index contributed by atoms with van der Waals surface area (Å²) in [6.45, 7) is 4.46. The van der Waals surface area contributed by atoms with Gasteiger partial charge < -0.3 is 26.2 Å². The summed E-state index contributed by atoms with van der Waals surface area (Å²) in [6, 6.07) is -0.957. The van der Waals surface area contributed by atoms with Crippen LogP contribution in [0.4, 0.5) is 13.2 Å². The highest BCUT2D eigenvalue weighted by Crippen LogP contribution is 2.55. The van der Waals surface area contributed by atoms with E-state index in [1.165, 1.54) is 0 Å². The van der Waals surface area contributed by atoms with Crippen LogP contribution in [-0.4, -0.2) is 86.0 Å². The van der Waals surface area contributed by atoms with Crippen molar-refractivity contribution in [2.45, 2.75) is 63.4 Å². The number of phenols is 1. The van der Waals surface area contributed by atoms with Gasteiger partial charge in [-0.15, -0.1) is 0 Å². The maximum absolute atomic E-state index is 14.7. The topological polar surface area (TPSA) is 165 Å². The highest BCUT2D eigenvalue weighted by Gasteiger charge is 2.64. The van der Waals surface area contributed by atoms with Gasteiger partial charge in [-0.2, -0.15) is 13.2 Å². The molecule has 4 aliphatic rings. The molecule has 1 aromatic carbocycles. The number of carbonyl (C=O) groups is 3. The number of aliphatic hydroxyl groups excluding tert-OH is 2. The van der Waals surface area contributed by atoms with Crippen molar-refractivity contribution in [2.24, 2.45) is 17.6 Å². The number of alkyl halides is 3. The second-order valence-corrected chi connectivity index (χ2v) is 11.6. The third-order valence-corrected chi connectivity index (χ3v) is 9.57. The van der Waals surface area contributed by atoms with Gasteiger partial charge in [-0.05, 0) is 75.5 Å². The first-order valence-corrected chi connectivity index (χ1v) is 14.0. The van der Waals surface area contributed by atoms with Crippen LogP contribution in [0.3, 0.4) is 0 Å². The Hall–Kier alpha value is -3.42. The number of nitrogens with two attached hydrogens (primary N) is 1. The fourth-order valence-corrected chi connectivity index (χ4v) is 7.69. The molecular weight excluding hydrogens is 559 g/mol. The first-order valence-electron chi connectivity index (χ1n) is 14.0. The number of Topliss-reactive ketones (excluding diaryl/α,β-unsaturated/α-hetero) is 2. The standard InChI is InChI=1S/C29H34F3N3O7/c1-4-35(5-2)22-15-10-12-9-14-19(17(36)11-13(21(14)29(30,31)32)16-7-6-8-34(16)3)23(37)18(12)25(39)28(15,42)26(40)20(24(22)38)27(33)41/h11-12,15-16,22,36-37,40,42H,4-10H2,1-3H3,(H2,33,41)/t12-,15-,16-,22-,28-/m0/s1. The quantitative estimate of drug-likeness (QED) is 0.323. The van der Waals surface area contributed by atoms with Gasteiger partial charge in [0.2, 0.25) is 5.78 Å². The molecule has 1 aromatic rings. The third kappa shape index (κ3) is 4.08. The number of rotatable bonds is 5. The average molecular weight is 594 g/mol. The Morgan fingerprint density at radius 2 is 1.83 bits per heavy atom. The lowest BCUT2D eigenvalue weighted by Crippen LogP contribution is -2.66. The number of hydrogen-bond donors (Lipinski definition) is 5. The van der Waals surface area contributed by atoms with Gasteiger partial charge in [0, 0.05) is 17.5 Å². The van der Waals surface area contributed by atoms with Crippen LogP contribution in [0, 0.1) is 11.8 Å². The molecule has 0 spiro atoms. The molecule has 1 saturated heterocycles. The number of primary amides is 1. The zero-order valence-corrected chi connectivity index (χ0v) is 23.5. The summed E-state index contributed by atoms with van der Waals surface area (Å²) < 4.78 is 44.2. The molecule has 5 atom stereocenters. The molecule has 0 aromatic heterocycles. The maximum atomic E-state index is 14.7. The van der Waals surface area contributed by atoms with E-state index < -0.39 is 99.1 Å². The smallest absolute Gasteiger partial charge is 0.417 e. The number of likely N-dealkylation sites (N-methyl/N-ethyl adjacent to an activating group) is 1. The number of amides is 1. The molecule has 0 bridgehead atoms. The summed E-state index contributed by atoms with van der Waals surface area (Å²) in [5.41, 5.74) is -0.991. The molecule has 13 heteroatoms. The van der Waals surface area contributed by atoms with E-state index >= 15 is 0 Å². The van der Waals surface area contributed by atoms with Crippen LogP contribution in [0.25, 0.3) is 5.76 Å². The predicted octanol–water partition coefficient (Wildman–Crippen LogP) is 2.53. The molecule has 3 aliphatic carbocycles. The van der Waals surface area contributed by atoms with E-state index in [4.69, 9.17) is 5.73 Å². The van der Waals surface area contributed by atoms with Gasteiger partial charge >= 0.3 is 6.18 Å². The van der Waals surface area contributed by atoms with E-state index in [-0.39, 0.29) is 30.6 Å². The average Bonchev–Trinajstić information content (AvgIpc) is 3.32. The Bertz CT molecular complexity index is 1450. The molecule has 10 nitrogen and oxygen atoms in total. The van der Waals surface area contributed by atoms with Crippen LogP contribution >= 0.6 is 0 Å². The largest absolute Gasteiger partial charge is 0.508 e. The molecule has 1 aliphatic heterocycles. The minimum absolute atomic E-state index is 0.130. The molecular formula is C29H34F3N3O7. The molecule has 42 heavy (non-hydrogen) atoms. The number of nitrogens with zero attached hydrogens (tertiary/aromatic N) is 2. The number of likely N-dealkylation sites (tertiary alicyclic amines) is 1. The van der Waals surface area contributed by atoms with Crippen molar-refractivity contribution >= 4 is 23.2 Å². The summed E-state index contributed by atoms with van der Waals surface area (Å²) in [7, 11) is 1.69. The number of phenolic OH excluding ortho intramolecular Hbond substituents is 1. The molecule has 1 amide bonds. The van der Waals surface area contributed by atoms with Crippen molar-refractivity contribution in [1.29, 1.82) is 0 Å². The first-order chi connectivity index (χ1) is 19.6. The highest BCUT2D eigenvalue weighted by atomic mass is 19.4. The summed E-state index contributed by atoms with van der Waals surface area (Å²) in [5.74, 6) is -8.84. The van der Waals surface area contributed by atoms with Crippen LogP contribution in [0.1, 0.15) is 61.4 Å². The minimum Gasteiger partial charge on any atom is -0.508 e. The molecule has 5 rings (SSSR count). The van der Waals surface area contributed by atoms with Crippen LogP contribution < -0.4 is 5.73 Å². The van der Waals surface area contributed by atoms with Gasteiger partial charge in [0.05, 0.1) is 17.2 Å². The minimum atomic E-state index is -4.87. The summed E-state index contributed by atoms with van der Waals surface area (Å²) >= 11 is 0. The van der Waals surface area contributed by atoms with Gasteiger partial charge in [-0.25, -0.2) is 0 Å². The lowest BCUT2D eigenvalue weighted by Gasteiger charge is -2.51. The highest BCUT2D eigenvalue weighted by molar-refractivity contribution is 6.24. The van der Waals surface area contributed by atoms with Crippen molar-refractivity contribution in [2.75, 3.05) is 26.7 Å². The van der Waals surface area contributed by atoms with Gasteiger partial charge in [0.15, 0.2) is 11.4 Å². The molecule has 228 valence electrons. The Morgan fingerprint density at radius 1 is 1.19 bits per heavy atom. The lowest BCUT2D eigenvalue weighted by atomic mass is 9.57. The van der Waals surface area contributed by atoms with Crippen molar-refractivity contribution in [1.82, 2.24) is 9.80 Å². The normalized spacial score (nSPS) is 30.1. The SMILES string of the molecule is CCN(CC)[C@@H]1C(=O)C(C(N)=O)=C(O)[C@@]2(O)C(=O)C3=C(O)c4c(O)cc([C@@H]5CCCN5C)c(C(F)(F)F)c4C[C@H]3C[C@@H]12. The number of ketones is 2. The lowest BCUT2D eigenvalue weighted by molar-refractivity contribution is -0.155. The number of halogens is 3. The second-order valence-electron chi connectivity index (χ2n) is 11.6. The van der Waals surface area contributed by atoms with Gasteiger partial charge in [-0.1, -0.05) is 13.8 Å². The van der Waals surface area contributed by atoms with E-state index in [9.17, 15) is 48.0 Å². The molecule has 1 heterocycles. The number of fused-ring (bicyclic) bond motifs is 3. The number of carbonyl (C=O) groups excluding carboxylic acids is 3. The summed E-state index contributed by atoms with van der Waals surface area (Å²) in [4.78, 5) is 43.1. The third-order valence-electron chi connectivity index (χ3n) is 9.57. The van der Waals surface area contributed by atoms with Crippen LogP contribution in [0.5, 0.6) is 5.75 Å². The molecule has 0 unspecified atom stereocenters. The Balaban J connectivity index is 1.76. The fourth-order valence-electron chi connectivity index (χ4n) is 7.69. The maximum Gasteiger partial charge on any atom is 0.417 e. The number of aliphatic hydroxyl groups is 3. The summed E-state index contributed by atoms with van der Waals surface area (Å²) in [6.07, 6.45) is -4.48. The Morgan fingerprint density at radius 3 is 2.36 bits per heavy atom. The van der Waals surface area contributed by atoms with Gasteiger partial charge in [0.25, 0.3) is 5.91 Å². The predicted molar refractivity (Wildman–Crippen MR) is 143 cm³/mol. The fraction of sp³-hybridized carbons (Fsp3) is 0.552. The molecule has 0 radical (unpaired) electrons. The van der Waals surface area contributed by atoms with E-state index in [2.05, 4.69) is 0 Å². The van der Waals surface area contributed by atoms with E-state index in [0.717, 1.165) is 6.07 Å². The van der Waals surface area contributed by atoms with Crippen LogP contribution in [-0.2, 0) is 27.0 Å². The van der Waals surface area contributed by atoms with Gasteiger partial charge in [0.1, 0.15) is 22.8 Å². The molecule has 2 fully saturated rings. The summed E-state index contributed by atoms with van der Waals surface area (Å²) in [5, 5.41) is 45.1. The van der Waals surface area contributed by atoms with E-state index in [1.54, 1.807) is 30.7 Å². The Kier molecular flexibility index (Phi) is 7.22. The number of aromatic hydroxyl groups is 1. The van der Waals surface area contributed by atoms with Crippen molar-refractivity contribution in [3.8, 4) is 5.75 Å². The second kappa shape index (κ2) is 10.1. The number of benzene rings is 1. The van der Waals surface area contributed by atoms with Crippen molar-refractivity contribution in [3.63, 3.8) is 0 Å². The number of hydrogen-bond acceptors (Lipinski definition) is 9. The first kappa shape index (κ1) is 30.1. The van der Waals surface area contributed by atoms with Crippen LogP contribution in [0.15, 0.2) is 23.0 Å².